The third kappa shape index (κ3) is 8.41. The molecule has 0 aliphatic carbocycles. The Kier molecular flexibility index (Phi) is 9.99. The van der Waals surface area contributed by atoms with Gasteiger partial charge in [-0.1, -0.05) is 0 Å². The summed E-state index contributed by atoms with van der Waals surface area (Å²) in [4.78, 5) is 46.0. The Bertz CT molecular complexity index is 446. The highest BCUT2D eigenvalue weighted by molar-refractivity contribution is 7.98. The number of carboxylic acids is 1. The summed E-state index contributed by atoms with van der Waals surface area (Å²) in [6.07, 6.45) is 2.25. The van der Waals surface area contributed by atoms with Gasteiger partial charge in [0.25, 0.3) is 0 Å². The van der Waals surface area contributed by atoms with E-state index < -0.39 is 41.8 Å². The molecule has 0 heterocycles. The van der Waals surface area contributed by atoms with Crippen LogP contribution in [0.15, 0.2) is 0 Å². The van der Waals surface area contributed by atoms with Gasteiger partial charge in [0, 0.05) is 0 Å². The lowest BCUT2D eigenvalue weighted by Gasteiger charge is -2.21. The van der Waals surface area contributed by atoms with Gasteiger partial charge in [-0.25, -0.2) is 0 Å². The van der Waals surface area contributed by atoms with E-state index in [1.807, 2.05) is 6.26 Å². The summed E-state index contributed by atoms with van der Waals surface area (Å²) in [5, 5.41) is 15.9. The summed E-state index contributed by atoms with van der Waals surface area (Å²) in [5.74, 6) is -2.15. The fraction of sp³-hybridized carbons (Fsp3) is 0.692. The lowest BCUT2D eigenvalue weighted by molar-refractivity contribution is -0.141. The first-order valence-electron chi connectivity index (χ1n) is 7.04. The zero-order chi connectivity index (χ0) is 18.0. The molecule has 0 rings (SSSR count). The molecule has 3 unspecified atom stereocenters. The first-order valence-corrected chi connectivity index (χ1v) is 8.44. The molecule has 0 radical (unpaired) electrons. The molecule has 0 aliphatic heterocycles. The normalized spacial score (nSPS) is 14.3. The Hall–Kier alpha value is -1.81. The van der Waals surface area contributed by atoms with E-state index in [2.05, 4.69) is 16.0 Å². The summed E-state index contributed by atoms with van der Waals surface area (Å²) < 4.78 is 0. The number of carbonyl (C=O) groups excluding carboxylic acids is 3. The number of hydrogen-bond acceptors (Lipinski definition) is 6. The van der Waals surface area contributed by atoms with Crippen LogP contribution >= 0.6 is 11.8 Å². The van der Waals surface area contributed by atoms with Gasteiger partial charge >= 0.3 is 5.97 Å². The number of carbonyl (C=O) groups is 4. The van der Waals surface area contributed by atoms with Crippen molar-refractivity contribution in [2.45, 2.75) is 38.4 Å². The number of hydrogen-bond donors (Lipinski definition) is 5. The Balaban J connectivity index is 4.65. The summed E-state index contributed by atoms with van der Waals surface area (Å²) in [5.41, 5.74) is 5.21. The number of nitrogens with one attached hydrogen (secondary N) is 3. The molecule has 0 aromatic carbocycles. The van der Waals surface area contributed by atoms with Crippen molar-refractivity contribution in [2.24, 2.45) is 5.73 Å². The number of amides is 3. The van der Waals surface area contributed by atoms with Crippen LogP contribution in [0.2, 0.25) is 0 Å². The van der Waals surface area contributed by atoms with E-state index in [0.29, 0.717) is 12.2 Å². The highest BCUT2D eigenvalue weighted by atomic mass is 32.2. The molecule has 3 amide bonds. The second-order valence-corrected chi connectivity index (χ2v) is 5.89. The van der Waals surface area contributed by atoms with E-state index in [1.54, 1.807) is 0 Å². The molecule has 3 atom stereocenters. The minimum Gasteiger partial charge on any atom is -0.480 e. The van der Waals surface area contributed by atoms with Crippen molar-refractivity contribution in [2.75, 3.05) is 18.6 Å². The van der Waals surface area contributed by atoms with Crippen molar-refractivity contribution in [1.82, 2.24) is 16.0 Å². The van der Waals surface area contributed by atoms with Crippen LogP contribution < -0.4 is 21.7 Å². The SMILES string of the molecule is CSCCC(NC(=O)CN)C(=O)NC(C)C(=O)NC(C)C(=O)O. The van der Waals surface area contributed by atoms with E-state index in [4.69, 9.17) is 10.8 Å². The highest BCUT2D eigenvalue weighted by Crippen LogP contribution is 2.02. The van der Waals surface area contributed by atoms with Gasteiger partial charge in [0.15, 0.2) is 0 Å². The molecule has 0 spiro atoms. The second kappa shape index (κ2) is 10.8. The average Bonchev–Trinajstić information content (AvgIpc) is 2.50. The van der Waals surface area contributed by atoms with Crippen molar-refractivity contribution < 1.29 is 24.3 Å². The maximum atomic E-state index is 12.2. The van der Waals surface area contributed by atoms with Gasteiger partial charge < -0.3 is 26.8 Å². The molecular weight excluding hydrogens is 324 g/mol. The van der Waals surface area contributed by atoms with E-state index in [9.17, 15) is 19.2 Å². The Labute approximate surface area is 139 Å². The molecule has 0 aliphatic rings. The fourth-order valence-electron chi connectivity index (χ4n) is 1.54. The maximum absolute atomic E-state index is 12.2. The molecular formula is C13H24N4O5S. The maximum Gasteiger partial charge on any atom is 0.325 e. The third-order valence-electron chi connectivity index (χ3n) is 2.93. The van der Waals surface area contributed by atoms with Crippen LogP contribution in [0.1, 0.15) is 20.3 Å². The van der Waals surface area contributed by atoms with Crippen LogP contribution in [-0.2, 0) is 19.2 Å². The number of aliphatic carboxylic acids is 1. The Morgan fingerprint density at radius 1 is 1.04 bits per heavy atom. The van der Waals surface area contributed by atoms with Gasteiger partial charge in [-0.3, -0.25) is 19.2 Å². The van der Waals surface area contributed by atoms with Crippen molar-refractivity contribution in [3.8, 4) is 0 Å². The molecule has 10 heteroatoms. The molecule has 0 aromatic heterocycles. The summed E-state index contributed by atoms with van der Waals surface area (Å²) in [6.45, 7) is 2.50. The van der Waals surface area contributed by atoms with Crippen LogP contribution in [0.5, 0.6) is 0 Å². The second-order valence-electron chi connectivity index (χ2n) is 4.90. The van der Waals surface area contributed by atoms with E-state index >= 15 is 0 Å². The minimum atomic E-state index is -1.18. The number of carboxylic acid groups (broad SMARTS) is 1. The zero-order valence-electron chi connectivity index (χ0n) is 13.4. The van der Waals surface area contributed by atoms with Gasteiger partial charge in [0.05, 0.1) is 6.54 Å². The van der Waals surface area contributed by atoms with Crippen molar-refractivity contribution in [3.05, 3.63) is 0 Å². The molecule has 6 N–H and O–H groups in total. The Morgan fingerprint density at radius 2 is 1.61 bits per heavy atom. The minimum absolute atomic E-state index is 0.241. The summed E-state index contributed by atoms with van der Waals surface area (Å²) in [6, 6.07) is -2.80. The predicted molar refractivity (Wildman–Crippen MR) is 86.8 cm³/mol. The lowest BCUT2D eigenvalue weighted by atomic mass is 10.2. The average molecular weight is 348 g/mol. The molecule has 23 heavy (non-hydrogen) atoms. The monoisotopic (exact) mass is 348 g/mol. The van der Waals surface area contributed by atoms with E-state index in [1.165, 1.54) is 25.6 Å². The number of thioether (sulfide) groups is 1. The summed E-state index contributed by atoms with van der Waals surface area (Å²) in [7, 11) is 0. The van der Waals surface area contributed by atoms with E-state index in [-0.39, 0.29) is 6.54 Å². The largest absolute Gasteiger partial charge is 0.480 e. The fourth-order valence-corrected chi connectivity index (χ4v) is 2.01. The van der Waals surface area contributed by atoms with Gasteiger partial charge in [0.1, 0.15) is 18.1 Å². The highest BCUT2D eigenvalue weighted by Gasteiger charge is 2.25. The molecule has 0 aromatic rings. The predicted octanol–water partition coefficient (Wildman–Crippen LogP) is -1.72. The van der Waals surface area contributed by atoms with Gasteiger partial charge in [0.2, 0.25) is 17.7 Å². The molecule has 0 fully saturated rings. The van der Waals surface area contributed by atoms with Crippen LogP contribution in [0, 0.1) is 0 Å². The standard InChI is InChI=1S/C13H24N4O5S/c1-7(11(19)16-8(2)13(21)22)15-12(20)9(4-5-23-3)17-10(18)6-14/h7-9H,4-6,14H2,1-3H3,(H,15,20)(H,16,19)(H,17,18)(H,21,22). The van der Waals surface area contributed by atoms with Gasteiger partial charge in [-0.15, -0.1) is 0 Å². The van der Waals surface area contributed by atoms with Gasteiger partial charge in [-0.05, 0) is 32.3 Å². The molecule has 0 saturated carbocycles. The molecule has 0 bridgehead atoms. The van der Waals surface area contributed by atoms with E-state index in [0.717, 1.165) is 0 Å². The topological polar surface area (TPSA) is 151 Å². The summed E-state index contributed by atoms with van der Waals surface area (Å²) >= 11 is 1.51. The number of nitrogens with two attached hydrogens (primary N) is 1. The third-order valence-corrected chi connectivity index (χ3v) is 3.57. The van der Waals surface area contributed by atoms with Crippen LogP contribution in [-0.4, -0.2) is 65.5 Å². The van der Waals surface area contributed by atoms with Gasteiger partial charge in [-0.2, -0.15) is 11.8 Å². The van der Waals surface area contributed by atoms with Crippen molar-refractivity contribution in [1.29, 1.82) is 0 Å². The van der Waals surface area contributed by atoms with Crippen LogP contribution in [0.4, 0.5) is 0 Å². The molecule has 132 valence electrons. The molecule has 0 saturated heterocycles. The molecule has 9 nitrogen and oxygen atoms in total. The first kappa shape index (κ1) is 21.2. The number of rotatable bonds is 10. The van der Waals surface area contributed by atoms with Crippen molar-refractivity contribution in [3.63, 3.8) is 0 Å². The zero-order valence-corrected chi connectivity index (χ0v) is 14.2. The smallest absolute Gasteiger partial charge is 0.325 e. The van der Waals surface area contributed by atoms with Crippen LogP contribution in [0.3, 0.4) is 0 Å². The lowest BCUT2D eigenvalue weighted by Crippen LogP contribution is -2.55. The quantitative estimate of drug-likeness (QED) is 0.315. The van der Waals surface area contributed by atoms with Crippen LogP contribution in [0.25, 0.3) is 0 Å². The first-order chi connectivity index (χ1) is 10.7. The van der Waals surface area contributed by atoms with Crippen molar-refractivity contribution >= 4 is 35.5 Å². The Morgan fingerprint density at radius 3 is 2.09 bits per heavy atom.